The molecule has 2 aromatic carbocycles. The maximum absolute atomic E-state index is 14.8. The number of hydrogen-bond donors (Lipinski definition) is 3. The molecule has 0 saturated heterocycles. The predicted molar refractivity (Wildman–Crippen MR) is 121 cm³/mol. The molecule has 0 spiro atoms. The van der Waals surface area contributed by atoms with Crippen LogP contribution in [0.3, 0.4) is 0 Å². The molecule has 180 valence electrons. The first kappa shape index (κ1) is 23.6. The highest BCUT2D eigenvalue weighted by molar-refractivity contribution is 6.13. The number of carboxylic acids is 1. The molecule has 0 fully saturated rings. The summed E-state index contributed by atoms with van der Waals surface area (Å²) in [6.07, 6.45) is 0.843. The molecule has 2 heterocycles. The van der Waals surface area contributed by atoms with Crippen LogP contribution < -0.4 is 15.6 Å². The van der Waals surface area contributed by atoms with E-state index in [0.717, 1.165) is 34.0 Å². The van der Waals surface area contributed by atoms with Crippen LogP contribution in [0, 0.1) is 25.5 Å². The monoisotopic (exact) mass is 483 g/mol. The lowest BCUT2D eigenvalue weighted by molar-refractivity contribution is -0.117. The first-order chi connectivity index (χ1) is 16.5. The van der Waals surface area contributed by atoms with Gasteiger partial charge in [-0.3, -0.25) is 19.3 Å². The molecule has 2 amide bonds. The summed E-state index contributed by atoms with van der Waals surface area (Å²) in [5.41, 5.74) is -1.31. The van der Waals surface area contributed by atoms with Crippen LogP contribution in [0.4, 0.5) is 20.2 Å². The van der Waals surface area contributed by atoms with Crippen LogP contribution in [0.25, 0.3) is 0 Å². The number of pyridine rings is 1. The Hall–Kier alpha value is -4.54. The first-order valence-electron chi connectivity index (χ1n) is 10.4. The van der Waals surface area contributed by atoms with Gasteiger partial charge in [-0.2, -0.15) is 0 Å². The average Bonchev–Trinajstić information content (AvgIpc) is 2.78. The number of fused-ring (bicyclic) bond motifs is 1. The zero-order chi connectivity index (χ0) is 25.6. The fourth-order valence-electron chi connectivity index (χ4n) is 4.07. The molecule has 4 rings (SSSR count). The van der Waals surface area contributed by atoms with Crippen molar-refractivity contribution in [2.75, 3.05) is 10.2 Å². The number of carboxylic acid groups (broad SMARTS) is 1. The van der Waals surface area contributed by atoms with Crippen LogP contribution in [0.2, 0.25) is 0 Å². The summed E-state index contributed by atoms with van der Waals surface area (Å²) in [6.45, 7) is 3.08. The number of amides is 2. The van der Waals surface area contributed by atoms with Crippen molar-refractivity contribution in [3.63, 3.8) is 0 Å². The number of para-hydroxylation sites is 1. The second kappa shape index (κ2) is 8.67. The molecule has 1 aromatic heterocycles. The van der Waals surface area contributed by atoms with Gasteiger partial charge in [0.25, 0.3) is 5.91 Å². The van der Waals surface area contributed by atoms with Crippen molar-refractivity contribution >= 4 is 29.2 Å². The van der Waals surface area contributed by atoms with Gasteiger partial charge in [0.05, 0.1) is 12.2 Å². The van der Waals surface area contributed by atoms with Crippen molar-refractivity contribution in [1.82, 2.24) is 4.57 Å². The van der Waals surface area contributed by atoms with Crippen LogP contribution >= 0.6 is 0 Å². The van der Waals surface area contributed by atoms with Gasteiger partial charge in [0.15, 0.2) is 11.4 Å². The number of carbonyl (C=O) groups excluding carboxylic acids is 2. The molecule has 1 atom stereocenters. The molecule has 3 aromatic rings. The van der Waals surface area contributed by atoms with Gasteiger partial charge in [-0.05, 0) is 37.1 Å². The van der Waals surface area contributed by atoms with E-state index in [1.54, 1.807) is 32.0 Å². The summed E-state index contributed by atoms with van der Waals surface area (Å²) in [4.78, 5) is 51.3. The second-order valence-electron chi connectivity index (χ2n) is 8.07. The van der Waals surface area contributed by atoms with Crippen LogP contribution in [-0.4, -0.2) is 38.6 Å². The van der Waals surface area contributed by atoms with Gasteiger partial charge in [0.1, 0.15) is 23.2 Å². The number of nitrogens with one attached hydrogen (secondary N) is 1. The third-order valence-corrected chi connectivity index (χ3v) is 5.79. The molecule has 0 radical (unpaired) electrons. The molecule has 1 aliphatic rings. The summed E-state index contributed by atoms with van der Waals surface area (Å²) in [7, 11) is 0. The van der Waals surface area contributed by atoms with Crippen molar-refractivity contribution in [2.45, 2.75) is 26.4 Å². The topological polar surface area (TPSA) is 129 Å². The molecular formula is C24H19F2N3O6. The van der Waals surface area contributed by atoms with E-state index in [-0.39, 0.29) is 0 Å². The number of aryl methyl sites for hydroxylation is 2. The van der Waals surface area contributed by atoms with E-state index in [1.807, 2.05) is 0 Å². The number of benzene rings is 2. The molecule has 0 aliphatic carbocycles. The quantitative estimate of drug-likeness (QED) is 0.524. The van der Waals surface area contributed by atoms with Crippen molar-refractivity contribution in [1.29, 1.82) is 0 Å². The van der Waals surface area contributed by atoms with Gasteiger partial charge in [0, 0.05) is 18.0 Å². The summed E-state index contributed by atoms with van der Waals surface area (Å²) in [5.74, 6) is -6.76. The SMILES string of the molecule is Cc1cccc(C)c1NC(=O)C1Cn2cc(C(=O)O)c(=O)c(O)c2C(=O)N1c1ccc(F)cc1F. The van der Waals surface area contributed by atoms with Gasteiger partial charge in [-0.15, -0.1) is 0 Å². The molecule has 9 nitrogen and oxygen atoms in total. The average molecular weight is 483 g/mol. The van der Waals surface area contributed by atoms with Gasteiger partial charge in [-0.1, -0.05) is 18.2 Å². The number of halogens is 2. The van der Waals surface area contributed by atoms with Crippen LogP contribution in [0.5, 0.6) is 5.75 Å². The first-order valence-corrected chi connectivity index (χ1v) is 10.4. The van der Waals surface area contributed by atoms with Gasteiger partial charge in [-0.25, -0.2) is 13.6 Å². The molecule has 3 N–H and O–H groups in total. The smallest absolute Gasteiger partial charge is 0.341 e. The van der Waals surface area contributed by atoms with Crippen LogP contribution in [0.1, 0.15) is 32.0 Å². The molecule has 1 unspecified atom stereocenters. The third kappa shape index (κ3) is 4.01. The number of aromatic hydroxyl groups is 1. The molecule has 35 heavy (non-hydrogen) atoms. The zero-order valence-corrected chi connectivity index (χ0v) is 18.5. The van der Waals surface area contributed by atoms with E-state index >= 15 is 0 Å². The number of nitrogens with zero attached hydrogens (tertiary/aromatic N) is 2. The fourth-order valence-corrected chi connectivity index (χ4v) is 4.07. The number of aromatic nitrogens is 1. The van der Waals surface area contributed by atoms with Crippen molar-refractivity contribution in [3.05, 3.63) is 86.8 Å². The van der Waals surface area contributed by atoms with Gasteiger partial charge >= 0.3 is 5.97 Å². The Bertz CT molecular complexity index is 1450. The normalized spacial score (nSPS) is 15.0. The van der Waals surface area contributed by atoms with E-state index in [0.29, 0.717) is 16.7 Å². The van der Waals surface area contributed by atoms with E-state index < -0.39 is 70.1 Å². The Morgan fingerprint density at radius 3 is 2.34 bits per heavy atom. The number of anilines is 2. The Balaban J connectivity index is 1.89. The van der Waals surface area contributed by atoms with E-state index in [1.165, 1.54) is 0 Å². The van der Waals surface area contributed by atoms with E-state index in [2.05, 4.69) is 5.32 Å². The van der Waals surface area contributed by atoms with Crippen LogP contribution in [0.15, 0.2) is 47.4 Å². The number of aromatic carboxylic acids is 1. The second-order valence-corrected chi connectivity index (χ2v) is 8.07. The Morgan fingerprint density at radius 2 is 1.74 bits per heavy atom. The standard InChI is InChI=1S/C24H19F2N3O6/c1-11-4-3-5-12(2)18(11)27-22(32)17-10-28-9-14(24(34)35)20(30)21(31)19(28)23(33)29(17)16-7-6-13(25)8-15(16)26/h3-9,17,31H,10H2,1-2H3,(H,27,32)(H,34,35). The van der Waals surface area contributed by atoms with E-state index in [4.69, 9.17) is 0 Å². The Morgan fingerprint density at radius 1 is 1.09 bits per heavy atom. The Kier molecular flexibility index (Phi) is 5.85. The van der Waals surface area contributed by atoms with Gasteiger partial charge < -0.3 is 20.1 Å². The lowest BCUT2D eigenvalue weighted by Crippen LogP contribution is -2.55. The lowest BCUT2D eigenvalue weighted by Gasteiger charge is -2.37. The summed E-state index contributed by atoms with van der Waals surface area (Å²) in [6, 6.07) is 6.22. The minimum absolute atomic E-state index is 0.428. The highest BCUT2D eigenvalue weighted by Gasteiger charge is 2.41. The molecule has 0 saturated carbocycles. The van der Waals surface area contributed by atoms with Crippen LogP contribution in [-0.2, 0) is 11.3 Å². The zero-order valence-electron chi connectivity index (χ0n) is 18.5. The highest BCUT2D eigenvalue weighted by atomic mass is 19.1. The minimum Gasteiger partial charge on any atom is -0.503 e. The summed E-state index contributed by atoms with van der Waals surface area (Å²) < 4.78 is 29.3. The van der Waals surface area contributed by atoms with Crippen molar-refractivity contribution in [2.24, 2.45) is 0 Å². The number of carbonyl (C=O) groups is 3. The number of hydrogen-bond acceptors (Lipinski definition) is 5. The molecule has 0 bridgehead atoms. The Labute approximate surface area is 196 Å². The maximum Gasteiger partial charge on any atom is 0.341 e. The maximum atomic E-state index is 14.8. The van der Waals surface area contributed by atoms with E-state index in [9.17, 15) is 38.2 Å². The fraction of sp³-hybridized carbons (Fsp3) is 0.167. The molecular weight excluding hydrogens is 464 g/mol. The molecule has 1 aliphatic heterocycles. The third-order valence-electron chi connectivity index (χ3n) is 5.79. The minimum atomic E-state index is -1.64. The molecule has 11 heteroatoms. The van der Waals surface area contributed by atoms with Crippen molar-refractivity contribution in [3.8, 4) is 5.75 Å². The largest absolute Gasteiger partial charge is 0.503 e. The predicted octanol–water partition coefficient (Wildman–Crippen LogP) is 2.81. The number of rotatable bonds is 4. The lowest BCUT2D eigenvalue weighted by atomic mass is 10.0. The summed E-state index contributed by atoms with van der Waals surface area (Å²) >= 11 is 0. The van der Waals surface area contributed by atoms with Crippen molar-refractivity contribution < 1.29 is 33.4 Å². The highest BCUT2D eigenvalue weighted by Crippen LogP contribution is 2.32. The summed E-state index contributed by atoms with van der Waals surface area (Å²) in [5, 5.41) is 22.4. The van der Waals surface area contributed by atoms with Gasteiger partial charge in [0.2, 0.25) is 11.3 Å².